The SMILES string of the molecule is Cc1ccc2c(NCC3CCCO3)c(C#N)cnc2c1. The molecule has 0 amide bonds. The second-order valence-corrected chi connectivity index (χ2v) is 5.20. The van der Waals surface area contributed by atoms with Crippen molar-refractivity contribution in [3.05, 3.63) is 35.5 Å². The average molecular weight is 267 g/mol. The second kappa shape index (κ2) is 5.48. The zero-order valence-corrected chi connectivity index (χ0v) is 11.5. The molecule has 1 aromatic carbocycles. The van der Waals surface area contributed by atoms with E-state index in [1.807, 2.05) is 25.1 Å². The van der Waals surface area contributed by atoms with Gasteiger partial charge in [-0.05, 0) is 31.4 Å². The van der Waals surface area contributed by atoms with Gasteiger partial charge in [-0.3, -0.25) is 4.98 Å². The number of rotatable bonds is 3. The molecule has 0 aliphatic carbocycles. The molecule has 1 aliphatic heterocycles. The van der Waals surface area contributed by atoms with E-state index in [1.54, 1.807) is 6.20 Å². The van der Waals surface area contributed by atoms with Crippen LogP contribution in [0.1, 0.15) is 24.0 Å². The van der Waals surface area contributed by atoms with E-state index in [9.17, 15) is 5.26 Å². The molecule has 4 nitrogen and oxygen atoms in total. The molecule has 0 spiro atoms. The minimum Gasteiger partial charge on any atom is -0.381 e. The van der Waals surface area contributed by atoms with Crippen LogP contribution in [-0.4, -0.2) is 24.2 Å². The van der Waals surface area contributed by atoms with Crippen LogP contribution in [-0.2, 0) is 4.74 Å². The van der Waals surface area contributed by atoms with Crippen molar-refractivity contribution in [2.75, 3.05) is 18.5 Å². The number of ether oxygens (including phenoxy) is 1. The summed E-state index contributed by atoms with van der Waals surface area (Å²) in [5, 5.41) is 13.6. The number of nitrogens with zero attached hydrogens (tertiary/aromatic N) is 2. The molecule has 3 rings (SSSR count). The van der Waals surface area contributed by atoms with Crippen molar-refractivity contribution in [3.8, 4) is 6.07 Å². The number of nitrogens with one attached hydrogen (secondary N) is 1. The summed E-state index contributed by atoms with van der Waals surface area (Å²) in [6.45, 7) is 3.62. The predicted octanol–water partition coefficient (Wildman–Crippen LogP) is 3.01. The van der Waals surface area contributed by atoms with Gasteiger partial charge in [-0.25, -0.2) is 0 Å². The van der Waals surface area contributed by atoms with E-state index in [0.717, 1.165) is 42.6 Å². The third-order valence-electron chi connectivity index (χ3n) is 3.68. The number of hydrogen-bond acceptors (Lipinski definition) is 4. The van der Waals surface area contributed by atoms with Crippen LogP contribution in [0, 0.1) is 18.3 Å². The molecule has 102 valence electrons. The van der Waals surface area contributed by atoms with Gasteiger partial charge in [0.2, 0.25) is 0 Å². The monoisotopic (exact) mass is 267 g/mol. The summed E-state index contributed by atoms with van der Waals surface area (Å²) in [6, 6.07) is 8.32. The highest BCUT2D eigenvalue weighted by Crippen LogP contribution is 2.27. The minimum atomic E-state index is 0.246. The smallest absolute Gasteiger partial charge is 0.103 e. The number of nitriles is 1. The van der Waals surface area contributed by atoms with Crippen molar-refractivity contribution in [1.82, 2.24) is 4.98 Å². The molecule has 1 aliphatic rings. The van der Waals surface area contributed by atoms with Gasteiger partial charge in [0, 0.05) is 24.7 Å². The van der Waals surface area contributed by atoms with Gasteiger partial charge in [0.25, 0.3) is 0 Å². The maximum absolute atomic E-state index is 9.26. The Morgan fingerprint density at radius 2 is 2.40 bits per heavy atom. The first-order chi connectivity index (χ1) is 9.78. The molecule has 0 bridgehead atoms. The summed E-state index contributed by atoms with van der Waals surface area (Å²) in [6.07, 6.45) is 4.08. The van der Waals surface area contributed by atoms with Gasteiger partial charge in [0.15, 0.2) is 0 Å². The third-order valence-corrected chi connectivity index (χ3v) is 3.68. The molecule has 1 atom stereocenters. The molecule has 1 saturated heterocycles. The molecule has 4 heteroatoms. The lowest BCUT2D eigenvalue weighted by Crippen LogP contribution is -2.19. The van der Waals surface area contributed by atoms with Crippen molar-refractivity contribution in [1.29, 1.82) is 5.26 Å². The van der Waals surface area contributed by atoms with Crippen molar-refractivity contribution in [2.45, 2.75) is 25.9 Å². The Morgan fingerprint density at radius 3 is 3.15 bits per heavy atom. The largest absolute Gasteiger partial charge is 0.381 e. The van der Waals surface area contributed by atoms with Crippen molar-refractivity contribution in [3.63, 3.8) is 0 Å². The lowest BCUT2D eigenvalue weighted by molar-refractivity contribution is 0.120. The molecule has 1 fully saturated rings. The third kappa shape index (κ3) is 2.45. The van der Waals surface area contributed by atoms with E-state index in [1.165, 1.54) is 5.56 Å². The number of anilines is 1. The van der Waals surface area contributed by atoms with Crippen molar-refractivity contribution < 1.29 is 4.74 Å². The zero-order valence-electron chi connectivity index (χ0n) is 11.5. The van der Waals surface area contributed by atoms with Gasteiger partial charge in [-0.15, -0.1) is 0 Å². The fourth-order valence-electron chi connectivity index (χ4n) is 2.60. The van der Waals surface area contributed by atoms with Gasteiger partial charge >= 0.3 is 0 Å². The first-order valence-corrected chi connectivity index (χ1v) is 6.93. The summed E-state index contributed by atoms with van der Waals surface area (Å²) in [5.41, 5.74) is 3.53. The zero-order chi connectivity index (χ0) is 13.9. The fourth-order valence-corrected chi connectivity index (χ4v) is 2.60. The average Bonchev–Trinajstić information content (AvgIpc) is 2.97. The van der Waals surface area contributed by atoms with E-state index in [2.05, 4.69) is 16.4 Å². The summed E-state index contributed by atoms with van der Waals surface area (Å²) in [7, 11) is 0. The predicted molar refractivity (Wildman–Crippen MR) is 78.7 cm³/mol. The molecular formula is C16H17N3O. The van der Waals surface area contributed by atoms with Crippen molar-refractivity contribution in [2.24, 2.45) is 0 Å². The Morgan fingerprint density at radius 1 is 1.50 bits per heavy atom. The summed E-state index contributed by atoms with van der Waals surface area (Å²) < 4.78 is 5.62. The molecule has 0 saturated carbocycles. The highest BCUT2D eigenvalue weighted by molar-refractivity contribution is 5.94. The molecule has 1 aromatic heterocycles. The number of pyridine rings is 1. The standard InChI is InChI=1S/C16H17N3O/c1-11-4-5-14-15(7-11)18-9-12(8-17)16(14)19-10-13-3-2-6-20-13/h4-5,7,9,13H,2-3,6,10H2,1H3,(H,18,19). The Bertz CT molecular complexity index is 669. The van der Waals surface area contributed by atoms with Crippen LogP contribution in [0.5, 0.6) is 0 Å². The highest BCUT2D eigenvalue weighted by atomic mass is 16.5. The van der Waals surface area contributed by atoms with Gasteiger partial charge in [0.05, 0.1) is 22.9 Å². The normalized spacial score (nSPS) is 18.1. The Kier molecular flexibility index (Phi) is 3.53. The van der Waals surface area contributed by atoms with Gasteiger partial charge in [-0.1, -0.05) is 12.1 Å². The van der Waals surface area contributed by atoms with Crippen LogP contribution in [0.15, 0.2) is 24.4 Å². The molecular weight excluding hydrogens is 250 g/mol. The number of aryl methyl sites for hydroxylation is 1. The number of aromatic nitrogens is 1. The first-order valence-electron chi connectivity index (χ1n) is 6.93. The van der Waals surface area contributed by atoms with Crippen LogP contribution in [0.2, 0.25) is 0 Å². The Hall–Kier alpha value is -2.12. The second-order valence-electron chi connectivity index (χ2n) is 5.20. The van der Waals surface area contributed by atoms with Crippen LogP contribution in [0.25, 0.3) is 10.9 Å². The lowest BCUT2D eigenvalue weighted by Gasteiger charge is -2.15. The number of fused-ring (bicyclic) bond motifs is 1. The summed E-state index contributed by atoms with van der Waals surface area (Å²) in [4.78, 5) is 4.36. The Balaban J connectivity index is 1.95. The van der Waals surface area contributed by atoms with Gasteiger partial charge in [0.1, 0.15) is 6.07 Å². The van der Waals surface area contributed by atoms with Gasteiger partial charge < -0.3 is 10.1 Å². The minimum absolute atomic E-state index is 0.246. The highest BCUT2D eigenvalue weighted by Gasteiger charge is 2.16. The Labute approximate surface area is 118 Å². The van der Waals surface area contributed by atoms with Crippen LogP contribution in [0.3, 0.4) is 0 Å². The fraction of sp³-hybridized carbons (Fsp3) is 0.375. The number of benzene rings is 1. The van der Waals surface area contributed by atoms with E-state index in [-0.39, 0.29) is 6.10 Å². The molecule has 1 N–H and O–H groups in total. The molecule has 0 radical (unpaired) electrons. The summed E-state index contributed by atoms with van der Waals surface area (Å²) >= 11 is 0. The maximum atomic E-state index is 9.26. The molecule has 2 heterocycles. The van der Waals surface area contributed by atoms with Gasteiger partial charge in [-0.2, -0.15) is 5.26 Å². The van der Waals surface area contributed by atoms with Crippen LogP contribution < -0.4 is 5.32 Å². The first kappa shape index (κ1) is 12.9. The topological polar surface area (TPSA) is 57.9 Å². The van der Waals surface area contributed by atoms with Crippen molar-refractivity contribution >= 4 is 16.6 Å². The van der Waals surface area contributed by atoms with E-state index >= 15 is 0 Å². The van der Waals surface area contributed by atoms with E-state index in [4.69, 9.17) is 4.74 Å². The maximum Gasteiger partial charge on any atom is 0.103 e. The quantitative estimate of drug-likeness (QED) is 0.928. The molecule has 20 heavy (non-hydrogen) atoms. The molecule has 2 aromatic rings. The van der Waals surface area contributed by atoms with Crippen LogP contribution >= 0.6 is 0 Å². The van der Waals surface area contributed by atoms with E-state index < -0.39 is 0 Å². The molecule has 1 unspecified atom stereocenters. The van der Waals surface area contributed by atoms with E-state index in [0.29, 0.717) is 5.56 Å². The summed E-state index contributed by atoms with van der Waals surface area (Å²) in [5.74, 6) is 0. The number of hydrogen-bond donors (Lipinski definition) is 1. The lowest BCUT2D eigenvalue weighted by atomic mass is 10.1. The van der Waals surface area contributed by atoms with Crippen LogP contribution in [0.4, 0.5) is 5.69 Å².